The molecule has 2 aromatic rings. The predicted molar refractivity (Wildman–Crippen MR) is 77.9 cm³/mol. The first-order chi connectivity index (χ1) is 9.72. The van der Waals surface area contributed by atoms with Gasteiger partial charge in [-0.05, 0) is 30.5 Å². The Labute approximate surface area is 118 Å². The van der Waals surface area contributed by atoms with E-state index in [1.807, 2.05) is 31.2 Å². The van der Waals surface area contributed by atoms with Crippen LogP contribution in [0.2, 0.25) is 0 Å². The maximum absolute atomic E-state index is 11.8. The van der Waals surface area contributed by atoms with Crippen LogP contribution < -0.4 is 10.1 Å². The average molecular weight is 273 g/mol. The number of aromatic nitrogens is 2. The molecule has 0 atom stereocenters. The molecule has 1 amide bonds. The second kappa shape index (κ2) is 6.75. The Morgan fingerprint density at radius 1 is 1.35 bits per heavy atom. The molecule has 0 saturated carbocycles. The molecule has 20 heavy (non-hydrogen) atoms. The summed E-state index contributed by atoms with van der Waals surface area (Å²) in [5, 5.41) is 9.43. The van der Waals surface area contributed by atoms with E-state index in [2.05, 4.69) is 22.4 Å². The quantitative estimate of drug-likeness (QED) is 0.850. The second-order valence-corrected chi connectivity index (χ2v) is 4.46. The zero-order chi connectivity index (χ0) is 14.4. The lowest BCUT2D eigenvalue weighted by Crippen LogP contribution is -2.21. The summed E-state index contributed by atoms with van der Waals surface area (Å²) in [6.07, 6.45) is 3.46. The minimum absolute atomic E-state index is 0.0185. The lowest BCUT2D eigenvalue weighted by Gasteiger charge is -2.08. The van der Waals surface area contributed by atoms with Gasteiger partial charge in [0.15, 0.2) is 6.61 Å². The minimum Gasteiger partial charge on any atom is -0.484 e. The maximum atomic E-state index is 11.8. The van der Waals surface area contributed by atoms with Crippen LogP contribution in [0.4, 0.5) is 5.82 Å². The fraction of sp³-hybridized carbons (Fsp3) is 0.333. The standard InChI is InChI=1S/C15H19N3O2/c1-3-11-6-5-7-13(8-11)20-10-14(19)17-15-12(4-2)9-16-18-15/h5-9H,3-4,10H2,1-2H3,(H2,16,17,18,19). The van der Waals surface area contributed by atoms with Gasteiger partial charge in [0.1, 0.15) is 11.6 Å². The van der Waals surface area contributed by atoms with Gasteiger partial charge in [-0.15, -0.1) is 0 Å². The van der Waals surface area contributed by atoms with Gasteiger partial charge in [-0.3, -0.25) is 9.89 Å². The molecule has 0 saturated heterocycles. The molecule has 0 bridgehead atoms. The second-order valence-electron chi connectivity index (χ2n) is 4.46. The highest BCUT2D eigenvalue weighted by Gasteiger charge is 2.08. The first kappa shape index (κ1) is 14.1. The van der Waals surface area contributed by atoms with E-state index in [1.165, 1.54) is 5.56 Å². The van der Waals surface area contributed by atoms with Crippen LogP contribution in [-0.2, 0) is 17.6 Å². The molecular formula is C15H19N3O2. The normalized spacial score (nSPS) is 10.3. The van der Waals surface area contributed by atoms with Gasteiger partial charge in [0, 0.05) is 5.56 Å². The number of hydrogen-bond donors (Lipinski definition) is 2. The predicted octanol–water partition coefficient (Wildman–Crippen LogP) is 2.55. The van der Waals surface area contributed by atoms with Gasteiger partial charge < -0.3 is 10.1 Å². The highest BCUT2D eigenvalue weighted by Crippen LogP contribution is 2.14. The van der Waals surface area contributed by atoms with Gasteiger partial charge in [0.2, 0.25) is 0 Å². The number of rotatable bonds is 6. The number of nitrogens with one attached hydrogen (secondary N) is 2. The summed E-state index contributed by atoms with van der Waals surface area (Å²) in [5.41, 5.74) is 2.16. The van der Waals surface area contributed by atoms with E-state index in [-0.39, 0.29) is 12.5 Å². The molecule has 0 aliphatic heterocycles. The Morgan fingerprint density at radius 2 is 2.20 bits per heavy atom. The largest absolute Gasteiger partial charge is 0.484 e. The van der Waals surface area contributed by atoms with Gasteiger partial charge in [0.05, 0.1) is 6.20 Å². The summed E-state index contributed by atoms with van der Waals surface area (Å²) in [7, 11) is 0. The van der Waals surface area contributed by atoms with Gasteiger partial charge in [-0.1, -0.05) is 26.0 Å². The summed E-state index contributed by atoms with van der Waals surface area (Å²) in [6, 6.07) is 7.75. The lowest BCUT2D eigenvalue weighted by molar-refractivity contribution is -0.118. The molecule has 2 rings (SSSR count). The summed E-state index contributed by atoms with van der Waals surface area (Å²) in [5.74, 6) is 1.15. The third-order valence-electron chi connectivity index (χ3n) is 3.04. The number of amides is 1. The highest BCUT2D eigenvalue weighted by atomic mass is 16.5. The topological polar surface area (TPSA) is 67.0 Å². The van der Waals surface area contributed by atoms with Crippen molar-refractivity contribution in [3.63, 3.8) is 0 Å². The van der Waals surface area contributed by atoms with Gasteiger partial charge >= 0.3 is 0 Å². The van der Waals surface area contributed by atoms with Gasteiger partial charge in [-0.25, -0.2) is 0 Å². The van der Waals surface area contributed by atoms with Crippen molar-refractivity contribution >= 4 is 11.7 Å². The first-order valence-corrected chi connectivity index (χ1v) is 6.76. The van der Waals surface area contributed by atoms with Crippen molar-refractivity contribution in [1.29, 1.82) is 0 Å². The van der Waals surface area contributed by atoms with Crippen LogP contribution in [0.1, 0.15) is 25.0 Å². The van der Waals surface area contributed by atoms with Crippen molar-refractivity contribution in [2.24, 2.45) is 0 Å². The lowest BCUT2D eigenvalue weighted by atomic mass is 10.2. The van der Waals surface area contributed by atoms with Gasteiger partial charge in [-0.2, -0.15) is 5.10 Å². The molecule has 0 aliphatic rings. The molecule has 5 nitrogen and oxygen atoms in total. The number of hydrogen-bond acceptors (Lipinski definition) is 3. The number of nitrogens with zero attached hydrogens (tertiary/aromatic N) is 1. The van der Waals surface area contributed by atoms with Crippen LogP contribution in [0, 0.1) is 0 Å². The fourth-order valence-corrected chi connectivity index (χ4v) is 1.87. The van der Waals surface area contributed by atoms with E-state index in [9.17, 15) is 4.79 Å². The van der Waals surface area contributed by atoms with Crippen LogP contribution in [0.3, 0.4) is 0 Å². The Hall–Kier alpha value is -2.30. The molecule has 1 aromatic heterocycles. The zero-order valence-corrected chi connectivity index (χ0v) is 11.8. The Kier molecular flexibility index (Phi) is 4.76. The molecule has 5 heteroatoms. The van der Waals surface area contributed by atoms with E-state index in [1.54, 1.807) is 6.20 Å². The third kappa shape index (κ3) is 3.60. The molecule has 1 aromatic carbocycles. The molecule has 0 aliphatic carbocycles. The average Bonchev–Trinajstić information content (AvgIpc) is 2.92. The van der Waals surface area contributed by atoms with Crippen LogP contribution in [0.5, 0.6) is 5.75 Å². The zero-order valence-electron chi connectivity index (χ0n) is 11.8. The summed E-state index contributed by atoms with van der Waals surface area (Å²) >= 11 is 0. The molecule has 0 spiro atoms. The van der Waals surface area contributed by atoms with E-state index in [4.69, 9.17) is 4.74 Å². The van der Waals surface area contributed by atoms with Crippen molar-refractivity contribution in [3.05, 3.63) is 41.6 Å². The Balaban J connectivity index is 1.89. The van der Waals surface area contributed by atoms with Crippen molar-refractivity contribution in [2.75, 3.05) is 11.9 Å². The summed E-state index contributed by atoms with van der Waals surface area (Å²) in [6.45, 7) is 4.07. The summed E-state index contributed by atoms with van der Waals surface area (Å²) < 4.78 is 5.49. The number of anilines is 1. The van der Waals surface area contributed by atoms with Crippen molar-refractivity contribution in [1.82, 2.24) is 10.2 Å². The Bertz CT molecular complexity index is 578. The first-order valence-electron chi connectivity index (χ1n) is 6.76. The van der Waals surface area contributed by atoms with Crippen molar-refractivity contribution in [3.8, 4) is 5.75 Å². The number of benzene rings is 1. The van der Waals surface area contributed by atoms with Crippen LogP contribution in [0.15, 0.2) is 30.5 Å². The molecule has 0 unspecified atom stereocenters. The van der Waals surface area contributed by atoms with E-state index in [0.717, 1.165) is 18.4 Å². The smallest absolute Gasteiger partial charge is 0.263 e. The van der Waals surface area contributed by atoms with E-state index >= 15 is 0 Å². The number of carbonyl (C=O) groups is 1. The van der Waals surface area contributed by atoms with Crippen molar-refractivity contribution in [2.45, 2.75) is 26.7 Å². The minimum atomic E-state index is -0.203. The van der Waals surface area contributed by atoms with E-state index < -0.39 is 0 Å². The molecule has 2 N–H and O–H groups in total. The fourth-order valence-electron chi connectivity index (χ4n) is 1.87. The molecule has 0 fully saturated rings. The monoisotopic (exact) mass is 273 g/mol. The van der Waals surface area contributed by atoms with Gasteiger partial charge in [0.25, 0.3) is 5.91 Å². The molecule has 106 valence electrons. The number of aryl methyl sites for hydroxylation is 2. The highest BCUT2D eigenvalue weighted by molar-refractivity contribution is 5.91. The third-order valence-corrected chi connectivity index (χ3v) is 3.04. The van der Waals surface area contributed by atoms with Crippen LogP contribution >= 0.6 is 0 Å². The number of carbonyl (C=O) groups excluding carboxylic acids is 1. The van der Waals surface area contributed by atoms with E-state index in [0.29, 0.717) is 11.6 Å². The van der Waals surface area contributed by atoms with Crippen molar-refractivity contribution < 1.29 is 9.53 Å². The number of ether oxygens (including phenoxy) is 1. The summed E-state index contributed by atoms with van der Waals surface area (Å²) in [4.78, 5) is 11.8. The Morgan fingerprint density at radius 3 is 2.95 bits per heavy atom. The molecule has 1 heterocycles. The number of aromatic amines is 1. The molecular weight excluding hydrogens is 254 g/mol. The SMILES string of the molecule is CCc1cccc(OCC(=O)Nc2[nH]ncc2CC)c1. The number of H-pyrrole nitrogens is 1. The molecule has 0 radical (unpaired) electrons. The van der Waals surface area contributed by atoms with Crippen LogP contribution in [0.25, 0.3) is 0 Å². The maximum Gasteiger partial charge on any atom is 0.263 e. The van der Waals surface area contributed by atoms with Crippen LogP contribution in [-0.4, -0.2) is 22.7 Å².